The van der Waals surface area contributed by atoms with Gasteiger partial charge in [-0.2, -0.15) is 0 Å². The van der Waals surface area contributed by atoms with Gasteiger partial charge in [0.05, 0.1) is 18.5 Å². The van der Waals surface area contributed by atoms with Gasteiger partial charge in [0, 0.05) is 0 Å². The van der Waals surface area contributed by atoms with Crippen LogP contribution in [0.1, 0.15) is 54.3 Å². The van der Waals surface area contributed by atoms with Crippen LogP contribution in [0.25, 0.3) is 10.2 Å². The Hall–Kier alpha value is -1.73. The molecule has 2 rings (SSSR count). The summed E-state index contributed by atoms with van der Waals surface area (Å²) >= 11 is 1.22. The third-order valence-electron chi connectivity index (χ3n) is 3.52. The number of H-pyrrole nitrogens is 1. The second-order valence-electron chi connectivity index (χ2n) is 5.22. The molecule has 6 nitrogen and oxygen atoms in total. The van der Waals surface area contributed by atoms with Crippen LogP contribution >= 0.6 is 11.3 Å². The first-order chi connectivity index (χ1) is 10.5. The molecule has 1 atom stereocenters. The molecule has 120 valence electrons. The topological polar surface area (TPSA) is 88.7 Å². The summed E-state index contributed by atoms with van der Waals surface area (Å²) in [7, 11) is 0. The fourth-order valence-corrected chi connectivity index (χ4v) is 3.38. The monoisotopic (exact) mass is 324 g/mol. The van der Waals surface area contributed by atoms with Crippen molar-refractivity contribution < 1.29 is 14.8 Å². The Morgan fingerprint density at radius 1 is 1.45 bits per heavy atom. The third kappa shape index (κ3) is 3.20. The van der Waals surface area contributed by atoms with E-state index in [1.54, 1.807) is 13.8 Å². The molecule has 0 unspecified atom stereocenters. The number of rotatable bonds is 6. The summed E-state index contributed by atoms with van der Waals surface area (Å²) < 4.78 is 5.03. The minimum Gasteiger partial charge on any atom is -0.462 e. The van der Waals surface area contributed by atoms with Gasteiger partial charge in [-0.3, -0.25) is 4.79 Å². The smallest absolute Gasteiger partial charge is 0.348 e. The number of quaternary nitrogens is 1. The molecule has 0 saturated heterocycles. The lowest BCUT2D eigenvalue weighted by Crippen LogP contribution is -2.84. The molecule has 0 amide bonds. The van der Waals surface area contributed by atoms with Gasteiger partial charge in [0.25, 0.3) is 5.56 Å². The van der Waals surface area contributed by atoms with Gasteiger partial charge in [0.15, 0.2) is 5.82 Å². The fraction of sp³-hybridized carbons (Fsp3) is 0.533. The van der Waals surface area contributed by atoms with E-state index in [-0.39, 0.29) is 11.6 Å². The molecule has 2 aromatic heterocycles. The Balaban J connectivity index is 2.47. The van der Waals surface area contributed by atoms with Crippen LogP contribution in [0, 0.1) is 6.92 Å². The summed E-state index contributed by atoms with van der Waals surface area (Å²) in [6.07, 6.45) is 1.06. The van der Waals surface area contributed by atoms with Crippen molar-refractivity contribution in [1.82, 2.24) is 9.97 Å². The van der Waals surface area contributed by atoms with Crippen LogP contribution in [0.5, 0.6) is 0 Å². The van der Waals surface area contributed by atoms with E-state index in [1.165, 1.54) is 11.3 Å². The number of hydrogen-bond donors (Lipinski definition) is 2. The Morgan fingerprint density at radius 3 is 2.82 bits per heavy atom. The van der Waals surface area contributed by atoms with E-state index < -0.39 is 5.97 Å². The first-order valence-corrected chi connectivity index (χ1v) is 8.34. The first-order valence-electron chi connectivity index (χ1n) is 7.53. The van der Waals surface area contributed by atoms with Gasteiger partial charge in [0.2, 0.25) is 0 Å². The molecule has 0 radical (unpaired) electrons. The third-order valence-corrected chi connectivity index (χ3v) is 4.69. The number of carbonyl (C=O) groups is 1. The molecule has 0 aliphatic carbocycles. The van der Waals surface area contributed by atoms with Crippen molar-refractivity contribution in [2.75, 3.05) is 13.2 Å². The van der Waals surface area contributed by atoms with Crippen LogP contribution < -0.4 is 10.9 Å². The van der Waals surface area contributed by atoms with Gasteiger partial charge in [-0.05, 0) is 32.8 Å². The number of aromatic nitrogens is 2. The number of esters is 1. The number of aryl methyl sites for hydroxylation is 1. The van der Waals surface area contributed by atoms with E-state index in [1.807, 2.05) is 6.92 Å². The summed E-state index contributed by atoms with van der Waals surface area (Å²) in [6.45, 7) is 8.91. The highest BCUT2D eigenvalue weighted by Gasteiger charge is 2.21. The van der Waals surface area contributed by atoms with Crippen LogP contribution in [0.4, 0.5) is 0 Å². The van der Waals surface area contributed by atoms with E-state index in [9.17, 15) is 9.59 Å². The van der Waals surface area contributed by atoms with Crippen LogP contribution in [0.2, 0.25) is 0 Å². The quantitative estimate of drug-likeness (QED) is 0.788. The fourth-order valence-electron chi connectivity index (χ4n) is 2.30. The summed E-state index contributed by atoms with van der Waals surface area (Å²) in [4.78, 5) is 32.7. The maximum Gasteiger partial charge on any atom is 0.348 e. The molecule has 3 N–H and O–H groups in total. The first kappa shape index (κ1) is 16.6. The number of hydrogen-bond acceptors (Lipinski definition) is 5. The molecular weight excluding hydrogens is 302 g/mol. The number of fused-ring (bicyclic) bond motifs is 1. The Kier molecular flexibility index (Phi) is 5.31. The van der Waals surface area contributed by atoms with Gasteiger partial charge in [-0.15, -0.1) is 11.3 Å². The minimum absolute atomic E-state index is 0.0745. The summed E-state index contributed by atoms with van der Waals surface area (Å²) in [5.74, 6) is 0.247. The zero-order chi connectivity index (χ0) is 16.3. The lowest BCUT2D eigenvalue weighted by Gasteiger charge is -2.08. The Bertz CT molecular complexity index is 735. The van der Waals surface area contributed by atoms with Crippen LogP contribution in [0.3, 0.4) is 0 Å². The molecule has 0 aliphatic rings. The second kappa shape index (κ2) is 7.02. The van der Waals surface area contributed by atoms with Crippen molar-refractivity contribution in [3.63, 3.8) is 0 Å². The predicted octanol–water partition coefficient (Wildman–Crippen LogP) is 1.50. The summed E-state index contributed by atoms with van der Waals surface area (Å²) in [5.41, 5.74) is 0.449. The van der Waals surface area contributed by atoms with Crippen molar-refractivity contribution in [2.45, 2.75) is 40.2 Å². The SMILES string of the molecule is CCC[NH2+][C@H](C)c1nc2sc(C(=O)OCC)c(C)c2c(=O)[nH]1. The summed E-state index contributed by atoms with van der Waals surface area (Å²) in [5, 5.41) is 2.62. The molecule has 22 heavy (non-hydrogen) atoms. The number of ether oxygens (including phenoxy) is 1. The van der Waals surface area contributed by atoms with Crippen molar-refractivity contribution in [3.8, 4) is 0 Å². The Morgan fingerprint density at radius 2 is 2.18 bits per heavy atom. The zero-order valence-electron chi connectivity index (χ0n) is 13.4. The van der Waals surface area contributed by atoms with Gasteiger partial charge in [-0.1, -0.05) is 6.92 Å². The number of nitrogens with zero attached hydrogens (tertiary/aromatic N) is 1. The number of nitrogens with two attached hydrogens (primary N) is 1. The lowest BCUT2D eigenvalue weighted by atomic mass is 10.2. The van der Waals surface area contributed by atoms with E-state index in [0.717, 1.165) is 13.0 Å². The second-order valence-corrected chi connectivity index (χ2v) is 6.22. The largest absolute Gasteiger partial charge is 0.462 e. The van der Waals surface area contributed by atoms with Gasteiger partial charge >= 0.3 is 5.97 Å². The van der Waals surface area contributed by atoms with Gasteiger partial charge in [0.1, 0.15) is 15.7 Å². The van der Waals surface area contributed by atoms with Gasteiger partial charge in [-0.25, -0.2) is 9.78 Å². The number of aromatic amines is 1. The van der Waals surface area contributed by atoms with Crippen molar-refractivity contribution in [2.24, 2.45) is 0 Å². The maximum atomic E-state index is 12.3. The minimum atomic E-state index is -0.394. The number of carbonyl (C=O) groups excluding carboxylic acids is 1. The molecule has 0 saturated carbocycles. The average Bonchev–Trinajstić information content (AvgIpc) is 2.82. The van der Waals surface area contributed by atoms with E-state index >= 15 is 0 Å². The van der Waals surface area contributed by atoms with Crippen LogP contribution in [0.15, 0.2) is 4.79 Å². The predicted molar refractivity (Wildman–Crippen MR) is 86.4 cm³/mol. The molecule has 0 aliphatic heterocycles. The van der Waals surface area contributed by atoms with E-state index in [2.05, 4.69) is 22.2 Å². The van der Waals surface area contributed by atoms with E-state index in [4.69, 9.17) is 4.74 Å². The van der Waals surface area contributed by atoms with Crippen molar-refractivity contribution in [1.29, 1.82) is 0 Å². The molecule has 7 heteroatoms. The maximum absolute atomic E-state index is 12.3. The highest BCUT2D eigenvalue weighted by Crippen LogP contribution is 2.27. The standard InChI is InChI=1S/C15H21N3O3S/c1-5-7-16-9(4)12-17-13(19)10-8(3)11(15(20)21-6-2)22-14(10)18-12/h9,16H,5-7H2,1-4H3,(H,17,18,19)/p+1/t9-/m1/s1. The Labute approximate surface area is 132 Å². The molecule has 2 aromatic rings. The van der Waals surface area contributed by atoms with Crippen molar-refractivity contribution >= 4 is 27.5 Å². The molecule has 2 heterocycles. The molecule has 0 fully saturated rings. The van der Waals surface area contributed by atoms with Crippen molar-refractivity contribution in [3.05, 3.63) is 26.6 Å². The number of nitrogens with one attached hydrogen (secondary N) is 1. The molecule has 0 spiro atoms. The van der Waals surface area contributed by atoms with E-state index in [0.29, 0.717) is 33.1 Å². The zero-order valence-corrected chi connectivity index (χ0v) is 14.2. The van der Waals surface area contributed by atoms with Crippen LogP contribution in [-0.4, -0.2) is 29.1 Å². The van der Waals surface area contributed by atoms with Gasteiger partial charge < -0.3 is 15.0 Å². The molecule has 0 aromatic carbocycles. The molecule has 0 bridgehead atoms. The van der Waals surface area contributed by atoms with Crippen LogP contribution in [-0.2, 0) is 4.74 Å². The average molecular weight is 324 g/mol. The molecular formula is C15H22N3O3S+. The normalized spacial score (nSPS) is 12.5. The lowest BCUT2D eigenvalue weighted by molar-refractivity contribution is -0.693. The number of thiophene rings is 1. The highest BCUT2D eigenvalue weighted by atomic mass is 32.1. The summed E-state index contributed by atoms with van der Waals surface area (Å²) in [6, 6.07) is 0.0745. The highest BCUT2D eigenvalue weighted by molar-refractivity contribution is 7.20.